The van der Waals surface area contributed by atoms with Crippen molar-refractivity contribution in [2.24, 2.45) is 0 Å². The number of benzene rings is 1. The van der Waals surface area contributed by atoms with Crippen LogP contribution >= 0.6 is 0 Å². The van der Waals surface area contributed by atoms with Gasteiger partial charge in [0.15, 0.2) is 0 Å². The highest BCUT2D eigenvalue weighted by Crippen LogP contribution is 2.38. The fourth-order valence-corrected chi connectivity index (χ4v) is 3.04. The Morgan fingerprint density at radius 1 is 1.28 bits per heavy atom. The first-order valence-corrected chi connectivity index (χ1v) is 6.87. The summed E-state index contributed by atoms with van der Waals surface area (Å²) in [6.07, 6.45) is 7.01. The predicted octanol–water partition coefficient (Wildman–Crippen LogP) is 3.86. The summed E-state index contributed by atoms with van der Waals surface area (Å²) in [7, 11) is 0. The van der Waals surface area contributed by atoms with E-state index in [1.54, 1.807) is 12.1 Å². The molecular weight excluding hydrogens is 225 g/mol. The van der Waals surface area contributed by atoms with Gasteiger partial charge in [0.2, 0.25) is 0 Å². The fraction of sp³-hybridized carbons (Fsp3) is 0.500. The Balaban J connectivity index is 1.77. The largest absolute Gasteiger partial charge is 0.298 e. The van der Waals surface area contributed by atoms with Gasteiger partial charge in [-0.2, -0.15) is 0 Å². The molecular formula is C16H20FN. The third kappa shape index (κ3) is 2.10. The molecule has 1 heterocycles. The Morgan fingerprint density at radius 2 is 2.11 bits per heavy atom. The number of nitrogens with zero attached hydrogens (tertiary/aromatic N) is 1. The van der Waals surface area contributed by atoms with Gasteiger partial charge in [-0.15, -0.1) is 0 Å². The smallest absolute Gasteiger partial charge is 0.123 e. The molecule has 0 saturated carbocycles. The molecule has 1 aliphatic heterocycles. The molecule has 1 unspecified atom stereocenters. The summed E-state index contributed by atoms with van der Waals surface area (Å²) >= 11 is 0. The maximum absolute atomic E-state index is 13.2. The maximum atomic E-state index is 13.2. The molecule has 1 saturated heterocycles. The molecule has 0 spiro atoms. The van der Waals surface area contributed by atoms with Gasteiger partial charge in [0.1, 0.15) is 5.82 Å². The Kier molecular flexibility index (Phi) is 2.98. The first kappa shape index (κ1) is 11.9. The summed E-state index contributed by atoms with van der Waals surface area (Å²) in [6, 6.07) is 6.98. The Morgan fingerprint density at radius 3 is 2.67 bits per heavy atom. The number of halogens is 1. The van der Waals surface area contributed by atoms with E-state index in [0.29, 0.717) is 5.54 Å². The topological polar surface area (TPSA) is 3.24 Å². The van der Waals surface area contributed by atoms with Crippen LogP contribution in [0.1, 0.15) is 38.2 Å². The first-order valence-electron chi connectivity index (χ1n) is 6.87. The van der Waals surface area contributed by atoms with E-state index in [4.69, 9.17) is 0 Å². The van der Waals surface area contributed by atoms with Crippen LogP contribution in [0.15, 0.2) is 30.3 Å². The van der Waals surface area contributed by atoms with E-state index in [2.05, 4.69) is 17.9 Å². The second-order valence-electron chi connectivity index (χ2n) is 5.78. The zero-order valence-corrected chi connectivity index (χ0v) is 11.0. The normalized spacial score (nSPS) is 28.7. The monoisotopic (exact) mass is 245 g/mol. The summed E-state index contributed by atoms with van der Waals surface area (Å²) in [6.45, 7) is 4.87. The summed E-state index contributed by atoms with van der Waals surface area (Å²) in [5, 5.41) is 0. The molecule has 1 atom stereocenters. The lowest BCUT2D eigenvalue weighted by Crippen LogP contribution is -2.53. The van der Waals surface area contributed by atoms with Gasteiger partial charge in [0, 0.05) is 5.54 Å². The van der Waals surface area contributed by atoms with Crippen LogP contribution in [-0.4, -0.2) is 23.5 Å². The van der Waals surface area contributed by atoms with E-state index in [9.17, 15) is 4.39 Å². The van der Waals surface area contributed by atoms with E-state index >= 15 is 0 Å². The second kappa shape index (κ2) is 4.51. The predicted molar refractivity (Wildman–Crippen MR) is 72.8 cm³/mol. The van der Waals surface area contributed by atoms with Gasteiger partial charge in [-0.3, -0.25) is 4.90 Å². The van der Waals surface area contributed by atoms with Crippen molar-refractivity contribution in [3.8, 4) is 0 Å². The van der Waals surface area contributed by atoms with Crippen LogP contribution in [0.4, 0.5) is 4.39 Å². The van der Waals surface area contributed by atoms with Crippen molar-refractivity contribution in [2.45, 2.75) is 38.1 Å². The molecule has 1 aromatic carbocycles. The van der Waals surface area contributed by atoms with Gasteiger partial charge in [-0.25, -0.2) is 4.39 Å². The van der Waals surface area contributed by atoms with Gasteiger partial charge >= 0.3 is 0 Å². The molecule has 0 bridgehead atoms. The van der Waals surface area contributed by atoms with E-state index in [0.717, 1.165) is 18.4 Å². The molecule has 1 aromatic rings. The minimum atomic E-state index is -0.135. The molecule has 0 aromatic heterocycles. The minimum Gasteiger partial charge on any atom is -0.298 e. The average Bonchev–Trinajstić information content (AvgIpc) is 2.27. The van der Waals surface area contributed by atoms with Crippen LogP contribution in [0, 0.1) is 5.82 Å². The summed E-state index contributed by atoms with van der Waals surface area (Å²) in [5.74, 6) is -0.135. The molecule has 0 N–H and O–H groups in total. The standard InChI is InChI=1S/C16H20FN/c1-16(18-10-3-11-18)8-6-13(7-9-16)14-4-2-5-15(17)12-14/h2,4-6,12H,3,7-11H2,1H3. The van der Waals surface area contributed by atoms with Gasteiger partial charge in [0.05, 0.1) is 0 Å². The third-order valence-electron chi connectivity index (χ3n) is 4.54. The summed E-state index contributed by atoms with van der Waals surface area (Å²) in [5.41, 5.74) is 2.71. The Labute approximate surface area is 108 Å². The van der Waals surface area contributed by atoms with E-state index in [1.807, 2.05) is 6.07 Å². The van der Waals surface area contributed by atoms with E-state index in [-0.39, 0.29) is 5.82 Å². The maximum Gasteiger partial charge on any atom is 0.123 e. The summed E-state index contributed by atoms with van der Waals surface area (Å²) < 4.78 is 13.2. The highest BCUT2D eigenvalue weighted by Gasteiger charge is 2.36. The SMILES string of the molecule is CC1(N2CCC2)CC=C(c2cccc(F)c2)CC1. The molecule has 3 rings (SSSR count). The number of allylic oxidation sites excluding steroid dienone is 1. The number of hydrogen-bond donors (Lipinski definition) is 0. The Bertz CT molecular complexity index is 476. The van der Waals surface area contributed by atoms with E-state index < -0.39 is 0 Å². The van der Waals surface area contributed by atoms with Crippen molar-refractivity contribution in [3.63, 3.8) is 0 Å². The summed E-state index contributed by atoms with van der Waals surface area (Å²) in [4.78, 5) is 2.59. The van der Waals surface area contributed by atoms with Crippen molar-refractivity contribution in [3.05, 3.63) is 41.7 Å². The minimum absolute atomic E-state index is 0.135. The molecule has 0 radical (unpaired) electrons. The molecule has 18 heavy (non-hydrogen) atoms. The average molecular weight is 245 g/mol. The van der Waals surface area contributed by atoms with Gasteiger partial charge in [0.25, 0.3) is 0 Å². The quantitative estimate of drug-likeness (QED) is 0.764. The Hall–Kier alpha value is -1.15. The van der Waals surface area contributed by atoms with Crippen LogP contribution in [0.25, 0.3) is 5.57 Å². The molecule has 1 fully saturated rings. The van der Waals surface area contributed by atoms with Crippen LogP contribution in [-0.2, 0) is 0 Å². The molecule has 1 aliphatic carbocycles. The van der Waals surface area contributed by atoms with Crippen LogP contribution in [0.5, 0.6) is 0 Å². The van der Waals surface area contributed by atoms with Gasteiger partial charge < -0.3 is 0 Å². The molecule has 1 nitrogen and oxygen atoms in total. The van der Waals surface area contributed by atoms with Gasteiger partial charge in [-0.05, 0) is 69.0 Å². The van der Waals surface area contributed by atoms with Gasteiger partial charge in [-0.1, -0.05) is 18.2 Å². The van der Waals surface area contributed by atoms with Crippen LogP contribution < -0.4 is 0 Å². The van der Waals surface area contributed by atoms with Crippen molar-refractivity contribution in [2.75, 3.05) is 13.1 Å². The zero-order valence-electron chi connectivity index (χ0n) is 11.0. The van der Waals surface area contributed by atoms with Crippen molar-refractivity contribution in [1.82, 2.24) is 4.90 Å². The second-order valence-corrected chi connectivity index (χ2v) is 5.78. The van der Waals surface area contributed by atoms with E-state index in [1.165, 1.54) is 37.6 Å². The zero-order chi connectivity index (χ0) is 12.6. The molecule has 2 heteroatoms. The number of hydrogen-bond acceptors (Lipinski definition) is 1. The lowest BCUT2D eigenvalue weighted by molar-refractivity contribution is 0.0361. The van der Waals surface area contributed by atoms with Crippen molar-refractivity contribution < 1.29 is 4.39 Å². The number of likely N-dealkylation sites (tertiary alicyclic amines) is 1. The highest BCUT2D eigenvalue weighted by atomic mass is 19.1. The number of rotatable bonds is 2. The molecule has 0 amide bonds. The van der Waals surface area contributed by atoms with Crippen molar-refractivity contribution >= 4 is 5.57 Å². The molecule has 96 valence electrons. The lowest BCUT2D eigenvalue weighted by atomic mass is 9.79. The third-order valence-corrected chi connectivity index (χ3v) is 4.54. The highest BCUT2D eigenvalue weighted by molar-refractivity contribution is 5.66. The van der Waals surface area contributed by atoms with Crippen molar-refractivity contribution in [1.29, 1.82) is 0 Å². The van der Waals surface area contributed by atoms with Crippen LogP contribution in [0.2, 0.25) is 0 Å². The van der Waals surface area contributed by atoms with Crippen LogP contribution in [0.3, 0.4) is 0 Å². The molecule has 2 aliphatic rings. The first-order chi connectivity index (χ1) is 8.67. The lowest BCUT2D eigenvalue weighted by Gasteiger charge is -2.48. The fourth-order valence-electron chi connectivity index (χ4n) is 3.04.